The van der Waals surface area contributed by atoms with Crippen LogP contribution in [0, 0.1) is 5.92 Å². The maximum atomic E-state index is 12.8. The molecule has 0 radical (unpaired) electrons. The molecule has 1 saturated heterocycles. The summed E-state index contributed by atoms with van der Waals surface area (Å²) in [7, 11) is 0. The third-order valence-corrected chi connectivity index (χ3v) is 10.9. The number of rotatable bonds is 38. The lowest BCUT2D eigenvalue weighted by Gasteiger charge is -2.32. The first-order valence-electron chi connectivity index (χ1n) is 24.8. The Bertz CT molecular complexity index is 1580. The Labute approximate surface area is 418 Å². The van der Waals surface area contributed by atoms with E-state index in [1.807, 2.05) is 32.6 Å². The molecule has 1 atom stereocenters. The van der Waals surface area contributed by atoms with E-state index in [1.54, 1.807) is 14.7 Å². The van der Waals surface area contributed by atoms with Crippen LogP contribution >= 0.6 is 0 Å². The number of carbonyl (C=O) groups is 9. The first kappa shape index (κ1) is 64.1. The van der Waals surface area contributed by atoms with Crippen molar-refractivity contribution in [3.63, 3.8) is 0 Å². The maximum Gasteiger partial charge on any atom is 0.317 e. The van der Waals surface area contributed by atoms with Crippen LogP contribution in [-0.4, -0.2) is 251 Å². The van der Waals surface area contributed by atoms with Crippen LogP contribution in [0.1, 0.15) is 72.6 Å². The number of amides is 5. The van der Waals surface area contributed by atoms with Gasteiger partial charge in [0.25, 0.3) is 0 Å². The molecule has 1 aliphatic rings. The highest BCUT2D eigenvalue weighted by Gasteiger charge is 2.23. The van der Waals surface area contributed by atoms with Crippen LogP contribution in [0.3, 0.4) is 0 Å². The van der Waals surface area contributed by atoms with Crippen LogP contribution in [0.4, 0.5) is 0 Å². The van der Waals surface area contributed by atoms with E-state index in [9.17, 15) is 58.5 Å². The summed E-state index contributed by atoms with van der Waals surface area (Å²) < 4.78 is 16.6. The van der Waals surface area contributed by atoms with Gasteiger partial charge in [-0.3, -0.25) is 62.8 Å². The second-order valence-electron chi connectivity index (χ2n) is 17.9. The number of aliphatic carboxylic acids is 3. The van der Waals surface area contributed by atoms with Crippen LogP contribution in [0.15, 0.2) is 0 Å². The van der Waals surface area contributed by atoms with Gasteiger partial charge in [0.05, 0.1) is 71.7 Å². The first-order valence-corrected chi connectivity index (χ1v) is 24.8. The molecule has 0 aromatic rings. The Morgan fingerprint density at radius 2 is 0.789 bits per heavy atom. The number of unbranched alkanes of at least 4 members (excludes halogenated alkanes) is 1. The molecule has 0 bridgehead atoms. The average molecular weight is 1020 g/mol. The standard InChI is InChI=1S/C46H84N10O15/c1-35(2)46(68)37(52-36(3)4)9-5-6-12-48-40(59)29-51-41(60)30-50-39(58)11-10-38(57)47-13-7-23-69-25-27-71-28-26-70-24-8-14-49-42(61)31-53-15-17-54(32-43(62)63)19-21-56(34-45(66)67)22-20-55(18-16-53)33-44(64)65/h35-37,52H,5-34H2,1-4H3,(H,47,57)(H,48,59)(H,49,61)(H,50,58)(H,51,60)(H,62,63)(H,64,65)(H,66,67)/t37-/m0/s1. The SMILES string of the molecule is CC(C)N[C@@H](CCCCNC(=O)CNC(=O)CNC(=O)CCC(=O)NCCCOCCOCCOCCCNC(=O)CN1CCN(CC(=O)O)CCN(CC(=O)O)CCN(CC(=O)O)CC1)C(=O)C(C)C. The highest BCUT2D eigenvalue weighted by atomic mass is 16.5. The number of carboxylic acids is 3. The third kappa shape index (κ3) is 36.7. The average Bonchev–Trinajstić information content (AvgIpc) is 3.30. The van der Waals surface area contributed by atoms with Crippen molar-refractivity contribution < 1.29 is 72.7 Å². The lowest BCUT2D eigenvalue weighted by Crippen LogP contribution is -2.49. The lowest BCUT2D eigenvalue weighted by atomic mass is 9.96. The molecule has 0 saturated carbocycles. The molecule has 0 aromatic heterocycles. The van der Waals surface area contributed by atoms with Gasteiger partial charge in [-0.15, -0.1) is 0 Å². The Morgan fingerprint density at radius 1 is 0.437 bits per heavy atom. The van der Waals surface area contributed by atoms with Crippen molar-refractivity contribution in [2.75, 3.05) is 151 Å². The van der Waals surface area contributed by atoms with Crippen LogP contribution < -0.4 is 31.9 Å². The number of carboxylic acid groups (broad SMARTS) is 3. The second kappa shape index (κ2) is 39.7. The number of hydrogen-bond acceptors (Lipinski definition) is 17. The van der Waals surface area contributed by atoms with Crippen molar-refractivity contribution in [3.8, 4) is 0 Å². The van der Waals surface area contributed by atoms with Crippen molar-refractivity contribution >= 4 is 53.2 Å². The number of carbonyl (C=O) groups excluding carboxylic acids is 6. The van der Waals surface area contributed by atoms with E-state index in [0.29, 0.717) is 124 Å². The number of ketones is 1. The molecule has 1 rings (SSSR count). The zero-order valence-electron chi connectivity index (χ0n) is 42.5. The topological polar surface area (TPSA) is 327 Å². The molecule has 0 aliphatic carbocycles. The third-order valence-electron chi connectivity index (χ3n) is 10.9. The summed E-state index contributed by atoms with van der Waals surface area (Å²) in [5.41, 5.74) is 0. The van der Waals surface area contributed by atoms with Gasteiger partial charge in [-0.25, -0.2) is 0 Å². The lowest BCUT2D eigenvalue weighted by molar-refractivity contribution is -0.140. The maximum absolute atomic E-state index is 12.8. The van der Waals surface area contributed by atoms with Crippen molar-refractivity contribution in [2.45, 2.75) is 84.7 Å². The molecule has 5 amide bonds. The van der Waals surface area contributed by atoms with Gasteiger partial charge in [0.15, 0.2) is 5.78 Å². The molecule has 9 N–H and O–H groups in total. The molecular formula is C46H84N10O15. The van der Waals surface area contributed by atoms with Gasteiger partial charge >= 0.3 is 17.9 Å². The quantitative estimate of drug-likeness (QED) is 0.0287. The zero-order chi connectivity index (χ0) is 52.8. The summed E-state index contributed by atoms with van der Waals surface area (Å²) in [5, 5.41) is 44.6. The zero-order valence-corrected chi connectivity index (χ0v) is 42.5. The molecule has 1 fully saturated rings. The molecule has 71 heavy (non-hydrogen) atoms. The van der Waals surface area contributed by atoms with Gasteiger partial charge in [-0.2, -0.15) is 0 Å². The van der Waals surface area contributed by atoms with Gasteiger partial charge in [0.1, 0.15) is 0 Å². The number of nitrogens with zero attached hydrogens (tertiary/aromatic N) is 4. The summed E-state index contributed by atoms with van der Waals surface area (Å²) in [6.45, 7) is 12.2. The number of hydrogen-bond donors (Lipinski definition) is 9. The van der Waals surface area contributed by atoms with Crippen molar-refractivity contribution in [1.29, 1.82) is 0 Å². The predicted octanol–water partition coefficient (Wildman–Crippen LogP) is -2.59. The highest BCUT2D eigenvalue weighted by molar-refractivity contribution is 5.89. The Morgan fingerprint density at radius 3 is 1.21 bits per heavy atom. The molecule has 0 unspecified atom stereocenters. The Hall–Kier alpha value is -4.89. The fourth-order valence-corrected chi connectivity index (χ4v) is 7.09. The molecule has 25 nitrogen and oxygen atoms in total. The smallest absolute Gasteiger partial charge is 0.317 e. The molecule has 0 spiro atoms. The fourth-order valence-electron chi connectivity index (χ4n) is 7.09. The summed E-state index contributed by atoms with van der Waals surface area (Å²) in [6.07, 6.45) is 3.04. The van der Waals surface area contributed by atoms with E-state index < -0.39 is 29.7 Å². The largest absolute Gasteiger partial charge is 0.480 e. The molecule has 1 aliphatic heterocycles. The minimum absolute atomic E-state index is 0.0282. The second-order valence-corrected chi connectivity index (χ2v) is 17.9. The van der Waals surface area contributed by atoms with E-state index in [4.69, 9.17) is 14.2 Å². The predicted molar refractivity (Wildman–Crippen MR) is 260 cm³/mol. The molecule has 0 aromatic carbocycles. The normalized spacial score (nSPS) is 15.0. The molecular weight excluding hydrogens is 933 g/mol. The minimum atomic E-state index is -1.03. The monoisotopic (exact) mass is 1020 g/mol. The van der Waals surface area contributed by atoms with Gasteiger partial charge in [-0.1, -0.05) is 27.7 Å². The van der Waals surface area contributed by atoms with Gasteiger partial charge < -0.3 is 61.4 Å². The van der Waals surface area contributed by atoms with E-state index >= 15 is 0 Å². The van der Waals surface area contributed by atoms with Crippen molar-refractivity contribution in [2.24, 2.45) is 5.92 Å². The number of nitrogens with one attached hydrogen (secondary N) is 6. The van der Waals surface area contributed by atoms with Crippen LogP contribution in [-0.2, 0) is 57.4 Å². The van der Waals surface area contributed by atoms with Crippen LogP contribution in [0.25, 0.3) is 0 Å². The Balaban J connectivity index is 2.11. The Kier molecular flexibility index (Phi) is 35.8. The van der Waals surface area contributed by atoms with Gasteiger partial charge in [-0.05, 0) is 32.1 Å². The number of ether oxygens (including phenoxy) is 3. The van der Waals surface area contributed by atoms with E-state index in [2.05, 4.69) is 31.9 Å². The summed E-state index contributed by atoms with van der Waals surface area (Å²) in [4.78, 5) is 115. The van der Waals surface area contributed by atoms with E-state index in [-0.39, 0.29) is 107 Å². The van der Waals surface area contributed by atoms with E-state index in [1.165, 1.54) is 0 Å². The number of Topliss-reactive ketones (excluding diaryl/α,β-unsaturated/α-hetero) is 1. The summed E-state index contributed by atoms with van der Waals surface area (Å²) in [6, 6.07) is -0.0394. The summed E-state index contributed by atoms with van der Waals surface area (Å²) in [5.74, 6) is -4.92. The summed E-state index contributed by atoms with van der Waals surface area (Å²) >= 11 is 0. The molecule has 25 heteroatoms. The van der Waals surface area contributed by atoms with Crippen molar-refractivity contribution in [1.82, 2.24) is 51.5 Å². The molecule has 1 heterocycles. The highest BCUT2D eigenvalue weighted by Crippen LogP contribution is 2.09. The van der Waals surface area contributed by atoms with Crippen LogP contribution in [0.5, 0.6) is 0 Å². The van der Waals surface area contributed by atoms with Crippen LogP contribution in [0.2, 0.25) is 0 Å². The fraction of sp³-hybridized carbons (Fsp3) is 0.804. The van der Waals surface area contributed by atoms with Crippen molar-refractivity contribution in [3.05, 3.63) is 0 Å². The van der Waals surface area contributed by atoms with Gasteiger partial charge in [0.2, 0.25) is 29.5 Å². The minimum Gasteiger partial charge on any atom is -0.480 e. The molecule has 408 valence electrons. The van der Waals surface area contributed by atoms with E-state index in [0.717, 1.165) is 6.42 Å². The van der Waals surface area contributed by atoms with Gasteiger partial charge in [0, 0.05) is 110 Å². The first-order chi connectivity index (χ1) is 33.8.